The average molecular weight is 445 g/mol. The van der Waals surface area contributed by atoms with Crippen LogP contribution in [0.5, 0.6) is 0 Å². The number of rotatable bonds is 9. The maximum absolute atomic E-state index is 12.5. The first-order valence-corrected chi connectivity index (χ1v) is 11.3. The number of nitrogens with one attached hydrogen (secondary N) is 1. The number of benzene rings is 2. The van der Waals surface area contributed by atoms with E-state index < -0.39 is 0 Å². The second kappa shape index (κ2) is 10.2. The van der Waals surface area contributed by atoms with E-state index >= 15 is 0 Å². The van der Waals surface area contributed by atoms with Crippen LogP contribution < -0.4 is 5.32 Å². The van der Waals surface area contributed by atoms with Crippen molar-refractivity contribution in [2.45, 2.75) is 30.9 Å². The minimum atomic E-state index is -0.135. The van der Waals surface area contributed by atoms with Gasteiger partial charge >= 0.3 is 0 Å². The minimum absolute atomic E-state index is 0.135. The highest BCUT2D eigenvalue weighted by atomic mass is 32.2. The first kappa shape index (κ1) is 21.6. The van der Waals surface area contributed by atoms with Crippen molar-refractivity contribution >= 4 is 17.7 Å². The number of thioether (sulfide) groups is 1. The molecule has 1 N–H and O–H groups in total. The Morgan fingerprint density at radius 1 is 1.16 bits per heavy atom. The molecule has 2 aromatic heterocycles. The molecule has 4 rings (SSSR count). The maximum Gasteiger partial charge on any atom is 0.251 e. The molecule has 0 unspecified atom stereocenters. The summed E-state index contributed by atoms with van der Waals surface area (Å²) in [6.07, 6.45) is 3.43. The van der Waals surface area contributed by atoms with Crippen LogP contribution in [0.1, 0.15) is 27.2 Å². The SMILES string of the molecule is C=CCn1c(SCc2cccc(C(=O)NCc3ccco3)c2)nnc1-c1ccc(C)cc1. The van der Waals surface area contributed by atoms with Crippen molar-refractivity contribution in [3.63, 3.8) is 0 Å². The van der Waals surface area contributed by atoms with Gasteiger partial charge in [-0.25, -0.2) is 0 Å². The molecule has 0 saturated carbocycles. The number of hydrogen-bond donors (Lipinski definition) is 1. The normalized spacial score (nSPS) is 10.8. The van der Waals surface area contributed by atoms with Gasteiger partial charge in [0.05, 0.1) is 12.8 Å². The summed E-state index contributed by atoms with van der Waals surface area (Å²) in [7, 11) is 0. The Morgan fingerprint density at radius 2 is 2.00 bits per heavy atom. The third-order valence-electron chi connectivity index (χ3n) is 4.90. The summed E-state index contributed by atoms with van der Waals surface area (Å²) < 4.78 is 7.32. The van der Waals surface area contributed by atoms with E-state index in [1.807, 2.05) is 30.3 Å². The lowest BCUT2D eigenvalue weighted by Crippen LogP contribution is -2.22. The quantitative estimate of drug-likeness (QED) is 0.282. The van der Waals surface area contributed by atoms with Crippen LogP contribution in [0.3, 0.4) is 0 Å². The molecular weight excluding hydrogens is 420 g/mol. The fraction of sp³-hybridized carbons (Fsp3) is 0.160. The Kier molecular flexibility index (Phi) is 6.87. The van der Waals surface area contributed by atoms with Crippen LogP contribution in [-0.4, -0.2) is 20.7 Å². The van der Waals surface area contributed by atoms with Crippen LogP contribution >= 0.6 is 11.8 Å². The molecule has 0 spiro atoms. The highest BCUT2D eigenvalue weighted by molar-refractivity contribution is 7.98. The molecule has 6 nitrogen and oxygen atoms in total. The summed E-state index contributed by atoms with van der Waals surface area (Å²) in [5, 5.41) is 12.5. The molecule has 0 saturated heterocycles. The van der Waals surface area contributed by atoms with Crippen LogP contribution in [0.15, 0.2) is 89.2 Å². The maximum atomic E-state index is 12.5. The molecule has 0 bridgehead atoms. The lowest BCUT2D eigenvalue weighted by atomic mass is 10.1. The standard InChI is InChI=1S/C25H24N4O2S/c1-3-13-29-23(20-11-9-18(2)10-12-20)27-28-25(29)32-17-19-6-4-7-21(15-19)24(30)26-16-22-8-5-14-31-22/h3-12,14-15H,1,13,16-17H2,2H3,(H,26,30). The predicted octanol–water partition coefficient (Wildman–Crippen LogP) is 5.25. The molecule has 0 radical (unpaired) electrons. The number of furan rings is 1. The van der Waals surface area contributed by atoms with Gasteiger partial charge in [-0.15, -0.1) is 16.8 Å². The summed E-state index contributed by atoms with van der Waals surface area (Å²) in [6.45, 7) is 6.91. The van der Waals surface area contributed by atoms with Crippen molar-refractivity contribution in [3.05, 3.63) is 102 Å². The van der Waals surface area contributed by atoms with E-state index in [4.69, 9.17) is 4.42 Å². The summed E-state index contributed by atoms with van der Waals surface area (Å²) in [4.78, 5) is 12.5. The molecule has 2 aromatic carbocycles. The fourth-order valence-electron chi connectivity index (χ4n) is 3.24. The summed E-state index contributed by atoms with van der Waals surface area (Å²) in [6, 6.07) is 19.5. The van der Waals surface area contributed by atoms with E-state index in [1.54, 1.807) is 30.2 Å². The molecule has 0 aliphatic carbocycles. The number of aryl methyl sites for hydroxylation is 1. The Balaban J connectivity index is 1.45. The van der Waals surface area contributed by atoms with Gasteiger partial charge in [0, 0.05) is 23.4 Å². The van der Waals surface area contributed by atoms with E-state index in [0.29, 0.717) is 24.4 Å². The van der Waals surface area contributed by atoms with Gasteiger partial charge in [-0.05, 0) is 36.8 Å². The minimum Gasteiger partial charge on any atom is -0.467 e. The molecule has 4 aromatic rings. The van der Waals surface area contributed by atoms with Gasteiger partial charge in [-0.2, -0.15) is 0 Å². The van der Waals surface area contributed by atoms with Crippen LogP contribution in [-0.2, 0) is 18.8 Å². The van der Waals surface area contributed by atoms with Gasteiger partial charge in [-0.3, -0.25) is 9.36 Å². The van der Waals surface area contributed by atoms with Crippen molar-refractivity contribution in [1.82, 2.24) is 20.1 Å². The largest absolute Gasteiger partial charge is 0.467 e. The molecule has 1 amide bonds. The second-order valence-corrected chi connectivity index (χ2v) is 8.27. The van der Waals surface area contributed by atoms with E-state index in [-0.39, 0.29) is 5.91 Å². The molecule has 7 heteroatoms. The lowest BCUT2D eigenvalue weighted by molar-refractivity contribution is 0.0948. The lowest BCUT2D eigenvalue weighted by Gasteiger charge is -2.09. The van der Waals surface area contributed by atoms with Gasteiger partial charge in [0.15, 0.2) is 11.0 Å². The Hall–Kier alpha value is -3.58. The number of carbonyl (C=O) groups excluding carboxylic acids is 1. The van der Waals surface area contributed by atoms with E-state index in [9.17, 15) is 4.79 Å². The van der Waals surface area contributed by atoms with Crippen LogP contribution in [0.4, 0.5) is 0 Å². The molecule has 0 fully saturated rings. The van der Waals surface area contributed by atoms with Crippen LogP contribution in [0, 0.1) is 6.92 Å². The van der Waals surface area contributed by atoms with Crippen LogP contribution in [0.2, 0.25) is 0 Å². The zero-order valence-corrected chi connectivity index (χ0v) is 18.6. The van der Waals surface area contributed by atoms with Crippen LogP contribution in [0.25, 0.3) is 11.4 Å². The van der Waals surface area contributed by atoms with Gasteiger partial charge in [-0.1, -0.05) is 59.8 Å². The number of nitrogens with zero attached hydrogens (tertiary/aromatic N) is 3. The van der Waals surface area contributed by atoms with Gasteiger partial charge in [0.25, 0.3) is 5.91 Å². The summed E-state index contributed by atoms with van der Waals surface area (Å²) in [5.74, 6) is 2.07. The van der Waals surface area contributed by atoms with Crippen molar-refractivity contribution in [1.29, 1.82) is 0 Å². The molecule has 0 atom stereocenters. The molecule has 0 aliphatic rings. The third kappa shape index (κ3) is 5.18. The summed E-state index contributed by atoms with van der Waals surface area (Å²) >= 11 is 1.59. The van der Waals surface area contributed by atoms with E-state index in [2.05, 4.69) is 57.8 Å². The topological polar surface area (TPSA) is 73.0 Å². The zero-order valence-electron chi connectivity index (χ0n) is 17.8. The second-order valence-electron chi connectivity index (χ2n) is 7.32. The Bertz CT molecular complexity index is 1200. The van der Waals surface area contributed by atoms with E-state index in [0.717, 1.165) is 27.9 Å². The predicted molar refractivity (Wildman–Crippen MR) is 126 cm³/mol. The number of hydrogen-bond acceptors (Lipinski definition) is 5. The van der Waals surface area contributed by atoms with Crippen molar-refractivity contribution < 1.29 is 9.21 Å². The van der Waals surface area contributed by atoms with Crippen molar-refractivity contribution in [2.75, 3.05) is 0 Å². The monoisotopic (exact) mass is 444 g/mol. The number of carbonyl (C=O) groups is 1. The molecular formula is C25H24N4O2S. The van der Waals surface area contributed by atoms with Crippen molar-refractivity contribution in [3.8, 4) is 11.4 Å². The molecule has 32 heavy (non-hydrogen) atoms. The molecule has 0 aliphatic heterocycles. The Morgan fingerprint density at radius 3 is 2.75 bits per heavy atom. The molecule has 162 valence electrons. The zero-order chi connectivity index (χ0) is 22.3. The average Bonchev–Trinajstić information content (AvgIpc) is 3.47. The third-order valence-corrected chi connectivity index (χ3v) is 5.94. The number of aromatic nitrogens is 3. The van der Waals surface area contributed by atoms with Gasteiger partial charge < -0.3 is 9.73 Å². The highest BCUT2D eigenvalue weighted by Crippen LogP contribution is 2.27. The smallest absolute Gasteiger partial charge is 0.251 e. The highest BCUT2D eigenvalue weighted by Gasteiger charge is 2.14. The van der Waals surface area contributed by atoms with Crippen molar-refractivity contribution in [2.24, 2.45) is 0 Å². The fourth-order valence-corrected chi connectivity index (χ4v) is 4.13. The number of allylic oxidation sites excluding steroid dienone is 1. The number of amides is 1. The van der Waals surface area contributed by atoms with Gasteiger partial charge in [0.2, 0.25) is 0 Å². The summed E-state index contributed by atoms with van der Waals surface area (Å²) in [5.41, 5.74) is 3.87. The Labute approximate surface area is 191 Å². The van der Waals surface area contributed by atoms with Gasteiger partial charge in [0.1, 0.15) is 5.76 Å². The van der Waals surface area contributed by atoms with E-state index in [1.165, 1.54) is 5.56 Å². The first-order valence-electron chi connectivity index (χ1n) is 10.3. The first-order chi connectivity index (χ1) is 15.6. The molecule has 2 heterocycles.